The molecule has 0 atom stereocenters. The predicted octanol–water partition coefficient (Wildman–Crippen LogP) is 2.60. The maximum atomic E-state index is 12.7. The van der Waals surface area contributed by atoms with Gasteiger partial charge in [-0.15, -0.1) is 10.2 Å². The zero-order chi connectivity index (χ0) is 18.8. The first-order valence-corrected chi connectivity index (χ1v) is 10.3. The van der Waals surface area contributed by atoms with Crippen LogP contribution < -0.4 is 9.47 Å². The van der Waals surface area contributed by atoms with Gasteiger partial charge in [0.25, 0.3) is 0 Å². The van der Waals surface area contributed by atoms with Crippen molar-refractivity contribution in [2.45, 2.75) is 37.4 Å². The molecule has 2 aromatic rings. The van der Waals surface area contributed by atoms with E-state index in [4.69, 9.17) is 9.47 Å². The average Bonchev–Trinajstić information content (AvgIpc) is 3.47. The number of aromatic nitrogens is 3. The quantitative estimate of drug-likeness (QED) is 0.679. The van der Waals surface area contributed by atoms with Gasteiger partial charge in [-0.1, -0.05) is 17.8 Å². The highest BCUT2D eigenvalue weighted by Gasteiger charge is 2.29. The third-order valence-electron chi connectivity index (χ3n) is 4.85. The number of rotatable bonds is 7. The average molecular weight is 388 g/mol. The molecule has 0 unspecified atom stereocenters. The minimum atomic E-state index is 0.0911. The van der Waals surface area contributed by atoms with Gasteiger partial charge in [-0.2, -0.15) is 0 Å². The fourth-order valence-electron chi connectivity index (χ4n) is 3.15. The first kappa shape index (κ1) is 18.2. The highest BCUT2D eigenvalue weighted by Crippen LogP contribution is 2.39. The van der Waals surface area contributed by atoms with Crippen LogP contribution in [0.1, 0.15) is 37.1 Å². The summed E-state index contributed by atoms with van der Waals surface area (Å²) in [5, 5.41) is 9.32. The van der Waals surface area contributed by atoms with E-state index < -0.39 is 0 Å². The number of fused-ring (bicyclic) bond motifs is 1. The number of hydrogen-bond acceptors (Lipinski definition) is 6. The molecular formula is C19H24N4O3S. The smallest absolute Gasteiger partial charge is 0.233 e. The van der Waals surface area contributed by atoms with Crippen LogP contribution in [0.4, 0.5) is 0 Å². The van der Waals surface area contributed by atoms with Crippen LogP contribution in [0.2, 0.25) is 0 Å². The van der Waals surface area contributed by atoms with Crippen molar-refractivity contribution in [2.75, 3.05) is 25.5 Å². The fourth-order valence-corrected chi connectivity index (χ4v) is 3.97. The molecule has 1 aliphatic carbocycles. The molecule has 144 valence electrons. The van der Waals surface area contributed by atoms with Gasteiger partial charge in [0.15, 0.2) is 16.7 Å². The van der Waals surface area contributed by atoms with Gasteiger partial charge < -0.3 is 18.9 Å². The number of carbonyl (C=O) groups excluding carboxylic acids is 1. The van der Waals surface area contributed by atoms with Crippen LogP contribution in [-0.2, 0) is 18.4 Å². The molecule has 27 heavy (non-hydrogen) atoms. The van der Waals surface area contributed by atoms with Crippen molar-refractivity contribution in [2.24, 2.45) is 7.05 Å². The van der Waals surface area contributed by atoms with Gasteiger partial charge >= 0.3 is 0 Å². The maximum absolute atomic E-state index is 12.7. The molecule has 1 saturated carbocycles. The number of ether oxygens (including phenoxy) is 2. The Hall–Kier alpha value is -2.22. The third kappa shape index (κ3) is 4.05. The van der Waals surface area contributed by atoms with Crippen LogP contribution in [0.25, 0.3) is 0 Å². The molecule has 7 nitrogen and oxygen atoms in total. The summed E-state index contributed by atoms with van der Waals surface area (Å²) in [6, 6.07) is 5.86. The van der Waals surface area contributed by atoms with Gasteiger partial charge in [-0.25, -0.2) is 0 Å². The van der Waals surface area contributed by atoms with E-state index in [9.17, 15) is 4.79 Å². The van der Waals surface area contributed by atoms with Gasteiger partial charge in [-0.05, 0) is 37.5 Å². The zero-order valence-electron chi connectivity index (χ0n) is 15.7. The molecule has 0 radical (unpaired) electrons. The van der Waals surface area contributed by atoms with Crippen LogP contribution in [0.5, 0.6) is 11.5 Å². The SMILES string of the molecule is CCN(Cc1ccc2c(c1)OCCO2)C(=O)CSc1nnc(C2CC2)n1C. The summed E-state index contributed by atoms with van der Waals surface area (Å²) in [6.07, 6.45) is 2.38. The second-order valence-corrected chi connectivity index (χ2v) is 7.79. The second-order valence-electron chi connectivity index (χ2n) is 6.85. The van der Waals surface area contributed by atoms with Gasteiger partial charge in [-0.3, -0.25) is 4.79 Å². The molecular weight excluding hydrogens is 364 g/mol. The van der Waals surface area contributed by atoms with Gasteiger partial charge in [0, 0.05) is 26.1 Å². The highest BCUT2D eigenvalue weighted by atomic mass is 32.2. The standard InChI is InChI=1S/C19H24N4O3S/c1-3-23(11-13-4-7-15-16(10-13)26-9-8-25-15)17(24)12-27-19-21-20-18(22(19)2)14-5-6-14/h4,7,10,14H,3,5-6,8-9,11-12H2,1-2H3. The molecule has 2 heterocycles. The molecule has 1 aliphatic heterocycles. The van der Waals surface area contributed by atoms with E-state index in [-0.39, 0.29) is 5.91 Å². The Bertz CT molecular complexity index is 834. The minimum absolute atomic E-state index is 0.0911. The Labute approximate surface area is 163 Å². The van der Waals surface area contributed by atoms with Crippen LogP contribution >= 0.6 is 11.8 Å². The van der Waals surface area contributed by atoms with Crippen molar-refractivity contribution >= 4 is 17.7 Å². The van der Waals surface area contributed by atoms with E-state index in [2.05, 4.69) is 10.2 Å². The normalized spacial score (nSPS) is 15.6. The van der Waals surface area contributed by atoms with E-state index >= 15 is 0 Å². The number of benzene rings is 1. The van der Waals surface area contributed by atoms with Crippen LogP contribution in [0, 0.1) is 0 Å². The Balaban J connectivity index is 1.36. The molecule has 2 aliphatic rings. The highest BCUT2D eigenvalue weighted by molar-refractivity contribution is 7.99. The zero-order valence-corrected chi connectivity index (χ0v) is 16.5. The van der Waals surface area contributed by atoms with E-state index in [0.717, 1.165) is 28.0 Å². The lowest BCUT2D eigenvalue weighted by molar-refractivity contribution is -0.128. The Kier molecular flexibility index (Phi) is 5.24. The van der Waals surface area contributed by atoms with E-state index in [1.54, 1.807) is 0 Å². The van der Waals surface area contributed by atoms with E-state index in [1.165, 1.54) is 24.6 Å². The van der Waals surface area contributed by atoms with Crippen molar-refractivity contribution in [3.63, 3.8) is 0 Å². The molecule has 0 saturated heterocycles. The van der Waals surface area contributed by atoms with E-state index in [1.807, 2.05) is 41.6 Å². The molecule has 1 aromatic carbocycles. The van der Waals surface area contributed by atoms with Gasteiger partial charge in [0.1, 0.15) is 19.0 Å². The largest absolute Gasteiger partial charge is 0.486 e. The summed E-state index contributed by atoms with van der Waals surface area (Å²) < 4.78 is 13.2. The molecule has 1 aromatic heterocycles. The van der Waals surface area contributed by atoms with Crippen molar-refractivity contribution in [3.05, 3.63) is 29.6 Å². The molecule has 0 bridgehead atoms. The summed E-state index contributed by atoms with van der Waals surface area (Å²) in [4.78, 5) is 14.5. The van der Waals surface area contributed by atoms with E-state index in [0.29, 0.717) is 38.0 Å². The first-order valence-electron chi connectivity index (χ1n) is 9.34. The number of carbonyl (C=O) groups is 1. The molecule has 8 heteroatoms. The van der Waals surface area contributed by atoms with Crippen molar-refractivity contribution in [3.8, 4) is 11.5 Å². The lowest BCUT2D eigenvalue weighted by Crippen LogP contribution is -2.31. The van der Waals surface area contributed by atoms with Crippen LogP contribution in [0.15, 0.2) is 23.4 Å². The second kappa shape index (κ2) is 7.80. The summed E-state index contributed by atoms with van der Waals surface area (Å²) in [5.41, 5.74) is 1.04. The Morgan fingerprint density at radius 3 is 2.78 bits per heavy atom. The predicted molar refractivity (Wildman–Crippen MR) is 102 cm³/mol. The number of nitrogens with zero attached hydrogens (tertiary/aromatic N) is 4. The monoisotopic (exact) mass is 388 g/mol. The first-order chi connectivity index (χ1) is 13.2. The van der Waals surface area contributed by atoms with Crippen LogP contribution in [-0.4, -0.2) is 51.1 Å². The Morgan fingerprint density at radius 2 is 2.04 bits per heavy atom. The third-order valence-corrected chi connectivity index (χ3v) is 5.86. The maximum Gasteiger partial charge on any atom is 0.233 e. The van der Waals surface area contributed by atoms with Crippen molar-refractivity contribution in [1.82, 2.24) is 19.7 Å². The Morgan fingerprint density at radius 1 is 1.26 bits per heavy atom. The summed E-state index contributed by atoms with van der Waals surface area (Å²) in [7, 11) is 1.98. The lowest BCUT2D eigenvalue weighted by Gasteiger charge is -2.23. The topological polar surface area (TPSA) is 69.5 Å². The number of hydrogen-bond donors (Lipinski definition) is 0. The molecule has 0 spiro atoms. The minimum Gasteiger partial charge on any atom is -0.486 e. The van der Waals surface area contributed by atoms with Gasteiger partial charge in [0.2, 0.25) is 5.91 Å². The fraction of sp³-hybridized carbons (Fsp3) is 0.526. The summed E-state index contributed by atoms with van der Waals surface area (Å²) >= 11 is 1.45. The lowest BCUT2D eigenvalue weighted by atomic mass is 10.2. The summed E-state index contributed by atoms with van der Waals surface area (Å²) in [5.74, 6) is 3.55. The van der Waals surface area contributed by atoms with Crippen LogP contribution in [0.3, 0.4) is 0 Å². The number of thioether (sulfide) groups is 1. The van der Waals surface area contributed by atoms with Gasteiger partial charge in [0.05, 0.1) is 5.75 Å². The van der Waals surface area contributed by atoms with Crippen molar-refractivity contribution < 1.29 is 14.3 Å². The van der Waals surface area contributed by atoms with Crippen molar-refractivity contribution in [1.29, 1.82) is 0 Å². The molecule has 1 amide bonds. The molecule has 1 fully saturated rings. The molecule has 4 rings (SSSR count). The molecule has 0 N–H and O–H groups in total. The summed E-state index contributed by atoms with van der Waals surface area (Å²) in [6.45, 7) is 4.34. The number of amides is 1.